The second kappa shape index (κ2) is 8.85. The Bertz CT molecular complexity index is 387. The molecule has 0 aliphatic rings. The molecule has 0 radical (unpaired) electrons. The molecule has 0 aromatic carbocycles. The minimum atomic E-state index is 0.0958. The van der Waals surface area contributed by atoms with E-state index < -0.39 is 0 Å². The third-order valence-electron chi connectivity index (χ3n) is 2.87. The van der Waals surface area contributed by atoms with Crippen molar-refractivity contribution < 1.29 is 19.0 Å². The Morgan fingerprint density at radius 1 is 1.16 bits per heavy atom. The minimum absolute atomic E-state index is 0.0958. The highest BCUT2D eigenvalue weighted by Gasteiger charge is 2.10. The van der Waals surface area contributed by atoms with Crippen molar-refractivity contribution in [2.45, 2.75) is 13.3 Å². The molecule has 19 heavy (non-hydrogen) atoms. The first-order chi connectivity index (χ1) is 9.16. The number of aromatic nitrogens is 1. The van der Waals surface area contributed by atoms with Crippen molar-refractivity contribution >= 4 is 5.78 Å². The smallest absolute Gasteiger partial charge is 0.161 e. The van der Waals surface area contributed by atoms with Crippen LogP contribution in [0.1, 0.15) is 23.0 Å². The van der Waals surface area contributed by atoms with Crippen molar-refractivity contribution in [3.8, 4) is 0 Å². The van der Waals surface area contributed by atoms with Crippen LogP contribution in [0.5, 0.6) is 0 Å². The summed E-state index contributed by atoms with van der Waals surface area (Å²) in [4.78, 5) is 11.4. The van der Waals surface area contributed by atoms with Crippen LogP contribution in [0.2, 0.25) is 0 Å². The van der Waals surface area contributed by atoms with Gasteiger partial charge >= 0.3 is 0 Å². The molecule has 108 valence electrons. The maximum absolute atomic E-state index is 11.4. The lowest BCUT2D eigenvalue weighted by Gasteiger charge is -2.08. The maximum Gasteiger partial charge on any atom is 0.161 e. The van der Waals surface area contributed by atoms with Crippen molar-refractivity contribution in [1.82, 2.24) is 4.57 Å². The second-order valence-corrected chi connectivity index (χ2v) is 4.31. The van der Waals surface area contributed by atoms with Crippen LogP contribution in [0.15, 0.2) is 12.3 Å². The van der Waals surface area contributed by atoms with E-state index in [-0.39, 0.29) is 5.78 Å². The van der Waals surface area contributed by atoms with E-state index in [0.29, 0.717) is 33.0 Å². The SMILES string of the molecule is COCCOCCOCCc1c(C(C)=O)ccn1C. The Hall–Kier alpha value is -1.17. The third kappa shape index (κ3) is 5.55. The van der Waals surface area contributed by atoms with Gasteiger partial charge in [-0.3, -0.25) is 4.79 Å². The molecule has 0 aliphatic carbocycles. The number of nitrogens with zero attached hydrogens (tertiary/aromatic N) is 1. The monoisotopic (exact) mass is 269 g/mol. The number of carbonyl (C=O) groups excluding carboxylic acids is 1. The molecule has 0 N–H and O–H groups in total. The average molecular weight is 269 g/mol. The lowest BCUT2D eigenvalue weighted by Crippen LogP contribution is -2.11. The molecule has 0 fully saturated rings. The number of methoxy groups -OCH3 is 1. The summed E-state index contributed by atoms with van der Waals surface area (Å²) in [5.74, 6) is 0.0958. The third-order valence-corrected chi connectivity index (χ3v) is 2.87. The molecule has 0 unspecified atom stereocenters. The lowest BCUT2D eigenvalue weighted by atomic mass is 10.1. The van der Waals surface area contributed by atoms with Gasteiger partial charge in [0.15, 0.2) is 5.78 Å². The van der Waals surface area contributed by atoms with Gasteiger partial charge < -0.3 is 18.8 Å². The summed E-state index contributed by atoms with van der Waals surface area (Å²) >= 11 is 0. The second-order valence-electron chi connectivity index (χ2n) is 4.31. The predicted molar refractivity (Wildman–Crippen MR) is 72.6 cm³/mol. The highest BCUT2D eigenvalue weighted by molar-refractivity contribution is 5.95. The lowest BCUT2D eigenvalue weighted by molar-refractivity contribution is 0.0253. The summed E-state index contributed by atoms with van der Waals surface area (Å²) < 4.78 is 17.6. The molecule has 0 bridgehead atoms. The van der Waals surface area contributed by atoms with Crippen LogP contribution >= 0.6 is 0 Å². The Kier molecular flexibility index (Phi) is 7.40. The number of hydrogen-bond acceptors (Lipinski definition) is 4. The summed E-state index contributed by atoms with van der Waals surface area (Å²) in [5, 5.41) is 0. The van der Waals surface area contributed by atoms with Crippen LogP contribution in [0.3, 0.4) is 0 Å². The van der Waals surface area contributed by atoms with E-state index >= 15 is 0 Å². The number of hydrogen-bond donors (Lipinski definition) is 0. The zero-order valence-electron chi connectivity index (χ0n) is 12.0. The molecule has 5 nitrogen and oxygen atoms in total. The number of carbonyl (C=O) groups is 1. The molecule has 0 atom stereocenters. The molecule has 1 aromatic rings. The van der Waals surface area contributed by atoms with Gasteiger partial charge in [-0.05, 0) is 13.0 Å². The Morgan fingerprint density at radius 2 is 1.79 bits per heavy atom. The predicted octanol–water partition coefficient (Wildman–Crippen LogP) is 1.45. The summed E-state index contributed by atoms with van der Waals surface area (Å²) in [6.07, 6.45) is 2.64. The summed E-state index contributed by atoms with van der Waals surface area (Å²) in [5.41, 5.74) is 1.80. The highest BCUT2D eigenvalue weighted by Crippen LogP contribution is 2.11. The van der Waals surface area contributed by atoms with Gasteiger partial charge in [0.1, 0.15) is 0 Å². The van der Waals surface area contributed by atoms with Gasteiger partial charge in [0.25, 0.3) is 0 Å². The maximum atomic E-state index is 11.4. The molecule has 0 amide bonds. The van der Waals surface area contributed by atoms with E-state index in [4.69, 9.17) is 14.2 Å². The van der Waals surface area contributed by atoms with Crippen LogP contribution in [0.25, 0.3) is 0 Å². The number of Topliss-reactive ketones (excluding diaryl/α,β-unsaturated/α-hetero) is 1. The molecule has 1 heterocycles. The summed E-state index contributed by atoms with van der Waals surface area (Å²) in [7, 11) is 3.59. The molecule has 5 heteroatoms. The Balaban J connectivity index is 2.19. The fraction of sp³-hybridized carbons (Fsp3) is 0.643. The van der Waals surface area contributed by atoms with Gasteiger partial charge in [-0.15, -0.1) is 0 Å². The Morgan fingerprint density at radius 3 is 2.42 bits per heavy atom. The quantitative estimate of drug-likeness (QED) is 0.476. The largest absolute Gasteiger partial charge is 0.382 e. The van der Waals surface area contributed by atoms with Crippen LogP contribution in [0, 0.1) is 0 Å². The molecule has 0 saturated carbocycles. The van der Waals surface area contributed by atoms with Gasteiger partial charge in [-0.25, -0.2) is 0 Å². The van der Waals surface area contributed by atoms with Crippen LogP contribution < -0.4 is 0 Å². The average Bonchev–Trinajstić information content (AvgIpc) is 2.74. The van der Waals surface area contributed by atoms with Gasteiger partial charge in [0.2, 0.25) is 0 Å². The number of rotatable bonds is 10. The molecule has 0 saturated heterocycles. The zero-order valence-corrected chi connectivity index (χ0v) is 12.0. The molecule has 0 spiro atoms. The van der Waals surface area contributed by atoms with E-state index in [9.17, 15) is 4.79 Å². The van der Waals surface area contributed by atoms with E-state index in [1.54, 1.807) is 14.0 Å². The van der Waals surface area contributed by atoms with Crippen LogP contribution in [0.4, 0.5) is 0 Å². The molecular weight excluding hydrogens is 246 g/mol. The van der Waals surface area contributed by atoms with Crippen molar-refractivity contribution in [1.29, 1.82) is 0 Å². The van der Waals surface area contributed by atoms with Crippen molar-refractivity contribution in [2.24, 2.45) is 7.05 Å². The van der Waals surface area contributed by atoms with E-state index in [0.717, 1.165) is 17.7 Å². The number of ether oxygens (including phenoxy) is 3. The van der Waals surface area contributed by atoms with Crippen molar-refractivity contribution in [3.63, 3.8) is 0 Å². The Labute approximate surface area is 114 Å². The molecular formula is C14H23NO4. The summed E-state index contributed by atoms with van der Waals surface area (Å²) in [6.45, 7) is 4.49. The first-order valence-corrected chi connectivity index (χ1v) is 6.46. The van der Waals surface area contributed by atoms with Crippen LogP contribution in [-0.2, 0) is 27.7 Å². The number of ketones is 1. The van der Waals surface area contributed by atoms with E-state index in [1.165, 1.54) is 0 Å². The first-order valence-electron chi connectivity index (χ1n) is 6.46. The van der Waals surface area contributed by atoms with Gasteiger partial charge in [-0.2, -0.15) is 0 Å². The van der Waals surface area contributed by atoms with Crippen LogP contribution in [-0.4, -0.2) is 50.5 Å². The fourth-order valence-corrected chi connectivity index (χ4v) is 1.83. The van der Waals surface area contributed by atoms with E-state index in [2.05, 4.69) is 0 Å². The molecule has 1 rings (SSSR count). The number of aryl methyl sites for hydroxylation is 1. The van der Waals surface area contributed by atoms with E-state index in [1.807, 2.05) is 23.9 Å². The normalized spacial score (nSPS) is 10.9. The highest BCUT2D eigenvalue weighted by atomic mass is 16.5. The first kappa shape index (κ1) is 15.9. The molecule has 1 aromatic heterocycles. The summed E-state index contributed by atoms with van der Waals surface area (Å²) in [6, 6.07) is 1.85. The van der Waals surface area contributed by atoms with Crippen molar-refractivity contribution in [3.05, 3.63) is 23.5 Å². The minimum Gasteiger partial charge on any atom is -0.382 e. The van der Waals surface area contributed by atoms with Gasteiger partial charge in [-0.1, -0.05) is 0 Å². The standard InChI is InChI=1S/C14H23NO4/c1-12(16)13-4-6-15(2)14(13)5-7-18-10-11-19-9-8-17-3/h4,6H,5,7-11H2,1-3H3. The zero-order chi connectivity index (χ0) is 14.1. The molecule has 0 aliphatic heterocycles. The topological polar surface area (TPSA) is 49.7 Å². The fourth-order valence-electron chi connectivity index (χ4n) is 1.83. The van der Waals surface area contributed by atoms with Gasteiger partial charge in [0, 0.05) is 38.0 Å². The van der Waals surface area contributed by atoms with Crippen molar-refractivity contribution in [2.75, 3.05) is 40.1 Å². The van der Waals surface area contributed by atoms with Gasteiger partial charge in [0.05, 0.1) is 33.0 Å².